The molecule has 0 saturated carbocycles. The summed E-state index contributed by atoms with van der Waals surface area (Å²) in [5.74, 6) is 1.24. The molecule has 3 nitrogen and oxygen atoms in total. The quantitative estimate of drug-likeness (QED) is 0.760. The van der Waals surface area contributed by atoms with Gasteiger partial charge in [-0.1, -0.05) is 25.4 Å². The van der Waals surface area contributed by atoms with Gasteiger partial charge in [-0.3, -0.25) is 0 Å². The molecule has 1 unspecified atom stereocenters. The monoisotopic (exact) mass is 183 g/mol. The number of aliphatic hydroxyl groups excluding tert-OH is 1. The Morgan fingerprint density at radius 2 is 2.38 bits per heavy atom. The van der Waals surface area contributed by atoms with E-state index in [1.165, 1.54) is 0 Å². The van der Waals surface area contributed by atoms with Crippen molar-refractivity contribution < 1.29 is 9.63 Å². The van der Waals surface area contributed by atoms with Crippen molar-refractivity contribution in [2.24, 2.45) is 0 Å². The molecule has 0 aromatic carbocycles. The summed E-state index contributed by atoms with van der Waals surface area (Å²) in [6.07, 6.45) is 2.85. The van der Waals surface area contributed by atoms with E-state index in [0.717, 1.165) is 24.3 Å². The molecule has 74 valence electrons. The standard InChI is InChI=1S/C10H17NO2/c1-3-4-8(2)10-7-9(5-6-12)13-11-10/h7-8,12H,3-6H2,1-2H3. The molecule has 0 aliphatic heterocycles. The lowest BCUT2D eigenvalue weighted by molar-refractivity contribution is 0.276. The fourth-order valence-corrected chi connectivity index (χ4v) is 1.37. The normalized spacial score (nSPS) is 13.2. The van der Waals surface area contributed by atoms with Crippen LogP contribution in [0.25, 0.3) is 0 Å². The summed E-state index contributed by atoms with van der Waals surface area (Å²) in [5, 5.41) is 12.7. The SMILES string of the molecule is CCCC(C)c1cc(CCO)on1. The summed E-state index contributed by atoms with van der Waals surface area (Å²) in [7, 11) is 0. The maximum Gasteiger partial charge on any atom is 0.139 e. The van der Waals surface area contributed by atoms with E-state index >= 15 is 0 Å². The highest BCUT2D eigenvalue weighted by atomic mass is 16.5. The molecule has 0 bridgehead atoms. The molecule has 0 fully saturated rings. The van der Waals surface area contributed by atoms with Crippen molar-refractivity contribution in [3.8, 4) is 0 Å². The molecule has 1 heterocycles. The molecule has 0 spiro atoms. The van der Waals surface area contributed by atoms with Gasteiger partial charge in [0, 0.05) is 18.4 Å². The number of hydrogen-bond donors (Lipinski definition) is 1. The maximum atomic E-state index is 8.68. The fraction of sp³-hybridized carbons (Fsp3) is 0.700. The highest BCUT2D eigenvalue weighted by Crippen LogP contribution is 2.19. The first kappa shape index (κ1) is 10.3. The van der Waals surface area contributed by atoms with Crippen LogP contribution >= 0.6 is 0 Å². The Bertz CT molecular complexity index is 245. The molecular weight excluding hydrogens is 166 g/mol. The van der Waals surface area contributed by atoms with Gasteiger partial charge in [0.15, 0.2) is 0 Å². The van der Waals surface area contributed by atoms with Gasteiger partial charge in [0.2, 0.25) is 0 Å². The van der Waals surface area contributed by atoms with Gasteiger partial charge in [-0.05, 0) is 6.42 Å². The Hall–Kier alpha value is -0.830. The Morgan fingerprint density at radius 1 is 1.62 bits per heavy atom. The minimum absolute atomic E-state index is 0.122. The highest BCUT2D eigenvalue weighted by Gasteiger charge is 2.10. The Labute approximate surface area is 78.7 Å². The van der Waals surface area contributed by atoms with Gasteiger partial charge < -0.3 is 9.63 Å². The van der Waals surface area contributed by atoms with Crippen LogP contribution in [0, 0.1) is 0 Å². The molecule has 1 rings (SSSR count). The van der Waals surface area contributed by atoms with E-state index in [4.69, 9.17) is 9.63 Å². The Balaban J connectivity index is 2.56. The summed E-state index contributed by atoms with van der Waals surface area (Å²) < 4.78 is 5.06. The van der Waals surface area contributed by atoms with E-state index in [0.29, 0.717) is 12.3 Å². The van der Waals surface area contributed by atoms with Crippen molar-refractivity contribution in [3.05, 3.63) is 17.5 Å². The smallest absolute Gasteiger partial charge is 0.139 e. The van der Waals surface area contributed by atoms with Gasteiger partial charge in [0.1, 0.15) is 5.76 Å². The lowest BCUT2D eigenvalue weighted by atomic mass is 10.0. The second-order valence-corrected chi connectivity index (χ2v) is 3.38. The van der Waals surface area contributed by atoms with E-state index in [-0.39, 0.29) is 6.61 Å². The number of aliphatic hydroxyl groups is 1. The molecule has 0 aliphatic rings. The zero-order chi connectivity index (χ0) is 9.68. The van der Waals surface area contributed by atoms with Gasteiger partial charge in [0.25, 0.3) is 0 Å². The third-order valence-corrected chi connectivity index (χ3v) is 2.16. The second kappa shape index (κ2) is 5.02. The average Bonchev–Trinajstić information content (AvgIpc) is 2.54. The minimum atomic E-state index is 0.122. The lowest BCUT2D eigenvalue weighted by Crippen LogP contribution is -1.92. The van der Waals surface area contributed by atoms with E-state index < -0.39 is 0 Å². The molecule has 1 N–H and O–H groups in total. The minimum Gasteiger partial charge on any atom is -0.396 e. The number of nitrogens with zero attached hydrogens (tertiary/aromatic N) is 1. The average molecular weight is 183 g/mol. The van der Waals surface area contributed by atoms with Crippen LogP contribution < -0.4 is 0 Å². The van der Waals surface area contributed by atoms with Crippen molar-refractivity contribution in [2.45, 2.75) is 39.0 Å². The largest absolute Gasteiger partial charge is 0.396 e. The van der Waals surface area contributed by atoms with Crippen molar-refractivity contribution in [3.63, 3.8) is 0 Å². The molecule has 1 aromatic rings. The zero-order valence-electron chi connectivity index (χ0n) is 8.29. The van der Waals surface area contributed by atoms with Gasteiger partial charge in [-0.15, -0.1) is 0 Å². The summed E-state index contributed by atoms with van der Waals surface area (Å²) in [5.41, 5.74) is 1.00. The van der Waals surface area contributed by atoms with E-state index in [1.54, 1.807) is 0 Å². The van der Waals surface area contributed by atoms with E-state index in [9.17, 15) is 0 Å². The molecule has 1 aromatic heterocycles. The van der Waals surface area contributed by atoms with Crippen molar-refractivity contribution in [1.82, 2.24) is 5.16 Å². The molecule has 0 amide bonds. The molecule has 1 atom stereocenters. The van der Waals surface area contributed by atoms with Crippen LogP contribution in [0.4, 0.5) is 0 Å². The number of aromatic nitrogens is 1. The summed E-state index contributed by atoms with van der Waals surface area (Å²) in [6, 6.07) is 1.94. The van der Waals surface area contributed by atoms with Crippen LogP contribution in [0.3, 0.4) is 0 Å². The lowest BCUT2D eigenvalue weighted by Gasteiger charge is -2.03. The topological polar surface area (TPSA) is 46.3 Å². The molecule has 0 saturated heterocycles. The molecular formula is C10H17NO2. The van der Waals surface area contributed by atoms with Crippen LogP contribution in [-0.2, 0) is 6.42 Å². The second-order valence-electron chi connectivity index (χ2n) is 3.38. The van der Waals surface area contributed by atoms with Gasteiger partial charge >= 0.3 is 0 Å². The van der Waals surface area contributed by atoms with Gasteiger partial charge in [0.05, 0.1) is 12.3 Å². The number of hydrogen-bond acceptors (Lipinski definition) is 3. The van der Waals surface area contributed by atoms with Crippen LogP contribution in [0.5, 0.6) is 0 Å². The van der Waals surface area contributed by atoms with Gasteiger partial charge in [-0.2, -0.15) is 0 Å². The summed E-state index contributed by atoms with van der Waals surface area (Å²) in [6.45, 7) is 4.42. The Kier molecular flexibility index (Phi) is 3.96. The van der Waals surface area contributed by atoms with Crippen molar-refractivity contribution in [1.29, 1.82) is 0 Å². The first-order valence-corrected chi connectivity index (χ1v) is 4.84. The zero-order valence-corrected chi connectivity index (χ0v) is 8.29. The fourth-order valence-electron chi connectivity index (χ4n) is 1.37. The van der Waals surface area contributed by atoms with Crippen LogP contribution in [0.1, 0.15) is 44.1 Å². The van der Waals surface area contributed by atoms with Crippen molar-refractivity contribution in [2.75, 3.05) is 6.61 Å². The first-order valence-electron chi connectivity index (χ1n) is 4.84. The van der Waals surface area contributed by atoms with E-state index in [2.05, 4.69) is 19.0 Å². The highest BCUT2D eigenvalue weighted by molar-refractivity contribution is 5.09. The first-order chi connectivity index (χ1) is 6.27. The number of rotatable bonds is 5. The molecule has 0 aliphatic carbocycles. The van der Waals surface area contributed by atoms with Crippen LogP contribution in [-0.4, -0.2) is 16.9 Å². The van der Waals surface area contributed by atoms with Crippen molar-refractivity contribution >= 4 is 0 Å². The molecule has 3 heteroatoms. The third kappa shape index (κ3) is 2.84. The predicted molar refractivity (Wildman–Crippen MR) is 50.6 cm³/mol. The Morgan fingerprint density at radius 3 is 3.00 bits per heavy atom. The predicted octanol–water partition coefficient (Wildman–Crippen LogP) is 2.11. The summed E-state index contributed by atoms with van der Waals surface area (Å²) in [4.78, 5) is 0. The molecule has 13 heavy (non-hydrogen) atoms. The van der Waals surface area contributed by atoms with Gasteiger partial charge in [-0.25, -0.2) is 0 Å². The molecule has 0 radical (unpaired) electrons. The third-order valence-electron chi connectivity index (χ3n) is 2.16. The van der Waals surface area contributed by atoms with Crippen LogP contribution in [0.2, 0.25) is 0 Å². The van der Waals surface area contributed by atoms with E-state index in [1.807, 2.05) is 6.07 Å². The maximum absolute atomic E-state index is 8.68. The summed E-state index contributed by atoms with van der Waals surface area (Å²) >= 11 is 0. The van der Waals surface area contributed by atoms with Crippen LogP contribution in [0.15, 0.2) is 10.6 Å².